The normalized spacial score (nSPS) is 12.7. The van der Waals surface area contributed by atoms with Gasteiger partial charge in [0.2, 0.25) is 0 Å². The molecule has 0 aliphatic heterocycles. The number of halogens is 2. The number of aromatic nitrogens is 2. The molecule has 0 amide bonds. The van der Waals surface area contributed by atoms with E-state index in [-0.39, 0.29) is 6.42 Å². The summed E-state index contributed by atoms with van der Waals surface area (Å²) in [6, 6.07) is 3.61. The van der Waals surface area contributed by atoms with Crippen molar-refractivity contribution in [3.8, 4) is 0 Å². The quantitative estimate of drug-likeness (QED) is 0.929. The Morgan fingerprint density at radius 1 is 1.33 bits per heavy atom. The van der Waals surface area contributed by atoms with Crippen molar-refractivity contribution in [3.05, 3.63) is 46.0 Å². The van der Waals surface area contributed by atoms with Crippen molar-refractivity contribution in [3.63, 3.8) is 0 Å². The molecule has 1 N–H and O–H groups in total. The van der Waals surface area contributed by atoms with Gasteiger partial charge in [-0.05, 0) is 35.6 Å². The van der Waals surface area contributed by atoms with E-state index in [0.717, 1.165) is 29.4 Å². The van der Waals surface area contributed by atoms with Gasteiger partial charge in [-0.25, -0.2) is 8.78 Å². The Labute approximate surface area is 107 Å². The van der Waals surface area contributed by atoms with E-state index in [4.69, 9.17) is 0 Å². The van der Waals surface area contributed by atoms with Crippen LogP contribution in [0.25, 0.3) is 0 Å². The van der Waals surface area contributed by atoms with Gasteiger partial charge in [0.15, 0.2) is 11.6 Å². The van der Waals surface area contributed by atoms with Crippen LogP contribution in [0.5, 0.6) is 0 Å². The molecule has 1 aromatic carbocycles. The number of aliphatic hydroxyl groups excluding tert-OH is 1. The summed E-state index contributed by atoms with van der Waals surface area (Å²) in [5.41, 5.74) is 1.28. The number of nitrogens with zero attached hydrogens (tertiary/aromatic N) is 2. The summed E-state index contributed by atoms with van der Waals surface area (Å²) in [4.78, 5) is 0.683. The van der Waals surface area contributed by atoms with Crippen LogP contribution >= 0.6 is 11.5 Å². The van der Waals surface area contributed by atoms with Crippen LogP contribution in [0.4, 0.5) is 8.78 Å². The van der Waals surface area contributed by atoms with E-state index in [0.29, 0.717) is 16.9 Å². The second-order valence-electron chi connectivity index (χ2n) is 3.91. The third-order valence-electron chi connectivity index (χ3n) is 2.64. The lowest BCUT2D eigenvalue weighted by atomic mass is 10.1. The number of hydrogen-bond donors (Lipinski definition) is 1. The van der Waals surface area contributed by atoms with Gasteiger partial charge in [0.1, 0.15) is 0 Å². The maximum absolute atomic E-state index is 13.0. The first-order chi connectivity index (χ1) is 8.61. The molecule has 6 heteroatoms. The average Bonchev–Trinajstić information content (AvgIpc) is 2.82. The van der Waals surface area contributed by atoms with Crippen molar-refractivity contribution in [2.24, 2.45) is 0 Å². The Balaban J connectivity index is 2.16. The van der Waals surface area contributed by atoms with E-state index >= 15 is 0 Å². The molecule has 0 saturated carbocycles. The third kappa shape index (κ3) is 2.70. The van der Waals surface area contributed by atoms with Crippen molar-refractivity contribution in [2.45, 2.75) is 25.9 Å². The topological polar surface area (TPSA) is 46.0 Å². The Morgan fingerprint density at radius 2 is 2.11 bits per heavy atom. The fraction of sp³-hybridized carbons (Fsp3) is 0.333. The Morgan fingerprint density at radius 3 is 2.78 bits per heavy atom. The van der Waals surface area contributed by atoms with Crippen molar-refractivity contribution in [2.75, 3.05) is 0 Å². The van der Waals surface area contributed by atoms with Crippen LogP contribution in [-0.4, -0.2) is 14.7 Å². The van der Waals surface area contributed by atoms with Crippen molar-refractivity contribution in [1.82, 2.24) is 9.59 Å². The van der Waals surface area contributed by atoms with Crippen molar-refractivity contribution >= 4 is 11.5 Å². The fourth-order valence-electron chi connectivity index (χ4n) is 1.70. The van der Waals surface area contributed by atoms with Gasteiger partial charge < -0.3 is 5.11 Å². The van der Waals surface area contributed by atoms with Gasteiger partial charge in [-0.15, -0.1) is 5.10 Å². The summed E-state index contributed by atoms with van der Waals surface area (Å²) >= 11 is 1.13. The minimum Gasteiger partial charge on any atom is -0.387 e. The molecule has 0 radical (unpaired) electrons. The van der Waals surface area contributed by atoms with Crippen LogP contribution in [0.2, 0.25) is 0 Å². The summed E-state index contributed by atoms with van der Waals surface area (Å²) in [7, 11) is 0. The molecule has 1 unspecified atom stereocenters. The highest BCUT2D eigenvalue weighted by Gasteiger charge is 2.17. The standard InChI is InChI=1S/C12H12F2N2OS/c1-2-10-12(18-16-15-10)11(17)6-7-3-4-8(13)9(14)5-7/h3-5,11,17H,2,6H2,1H3. The predicted octanol–water partition coefficient (Wildman–Crippen LogP) is 2.65. The Bertz CT molecular complexity index is 545. The molecule has 1 atom stereocenters. The number of hydrogen-bond acceptors (Lipinski definition) is 4. The van der Waals surface area contributed by atoms with Gasteiger partial charge in [-0.3, -0.25) is 0 Å². The summed E-state index contributed by atoms with van der Waals surface area (Å²) in [6.07, 6.45) is 0.110. The number of aliphatic hydroxyl groups is 1. The molecule has 2 rings (SSSR count). The number of rotatable bonds is 4. The number of aryl methyl sites for hydroxylation is 1. The van der Waals surface area contributed by atoms with Gasteiger partial charge in [0.05, 0.1) is 16.7 Å². The van der Waals surface area contributed by atoms with Crippen molar-refractivity contribution in [1.29, 1.82) is 0 Å². The lowest BCUT2D eigenvalue weighted by Gasteiger charge is -2.09. The number of benzene rings is 1. The summed E-state index contributed by atoms with van der Waals surface area (Å²) < 4.78 is 29.6. The monoisotopic (exact) mass is 270 g/mol. The molecule has 0 spiro atoms. The zero-order chi connectivity index (χ0) is 13.1. The zero-order valence-corrected chi connectivity index (χ0v) is 10.5. The zero-order valence-electron chi connectivity index (χ0n) is 9.73. The molecule has 2 aromatic rings. The lowest BCUT2D eigenvalue weighted by molar-refractivity contribution is 0.181. The van der Waals surface area contributed by atoms with Crippen LogP contribution in [0.1, 0.15) is 29.2 Å². The molecular formula is C12H12F2N2OS. The van der Waals surface area contributed by atoms with Gasteiger partial charge >= 0.3 is 0 Å². The fourth-order valence-corrected chi connectivity index (χ4v) is 2.42. The smallest absolute Gasteiger partial charge is 0.159 e. The van der Waals surface area contributed by atoms with Gasteiger partial charge in [-0.2, -0.15) is 0 Å². The Hall–Kier alpha value is -1.40. The molecule has 0 aliphatic carbocycles. The van der Waals surface area contributed by atoms with Crippen molar-refractivity contribution < 1.29 is 13.9 Å². The minimum atomic E-state index is -0.905. The van der Waals surface area contributed by atoms with E-state index in [1.165, 1.54) is 6.07 Å². The van der Waals surface area contributed by atoms with E-state index in [9.17, 15) is 13.9 Å². The largest absolute Gasteiger partial charge is 0.387 e. The van der Waals surface area contributed by atoms with Crippen LogP contribution in [0, 0.1) is 11.6 Å². The first-order valence-electron chi connectivity index (χ1n) is 5.55. The molecule has 1 heterocycles. The lowest BCUT2D eigenvalue weighted by Crippen LogP contribution is -2.03. The highest BCUT2D eigenvalue weighted by atomic mass is 32.1. The summed E-state index contributed by atoms with van der Waals surface area (Å²) in [6.45, 7) is 1.92. The van der Waals surface area contributed by atoms with Crippen LogP contribution in [-0.2, 0) is 12.8 Å². The van der Waals surface area contributed by atoms with Crippen LogP contribution < -0.4 is 0 Å². The maximum atomic E-state index is 13.0. The molecule has 18 heavy (non-hydrogen) atoms. The first kappa shape index (κ1) is 13.0. The van der Waals surface area contributed by atoms with Gasteiger partial charge in [0.25, 0.3) is 0 Å². The molecule has 0 aliphatic rings. The minimum absolute atomic E-state index is 0.216. The second-order valence-corrected chi connectivity index (χ2v) is 4.69. The van der Waals surface area contributed by atoms with E-state index in [1.807, 2.05) is 6.92 Å². The van der Waals surface area contributed by atoms with Crippen LogP contribution in [0.3, 0.4) is 0 Å². The Kier molecular flexibility index (Phi) is 3.98. The summed E-state index contributed by atoms with van der Waals surface area (Å²) in [5, 5.41) is 14.0. The van der Waals surface area contributed by atoms with E-state index < -0.39 is 17.7 Å². The van der Waals surface area contributed by atoms with Gasteiger partial charge in [-0.1, -0.05) is 17.5 Å². The molecule has 0 bridgehead atoms. The average molecular weight is 270 g/mol. The van der Waals surface area contributed by atoms with E-state index in [2.05, 4.69) is 9.59 Å². The third-order valence-corrected chi connectivity index (χ3v) is 3.50. The predicted molar refractivity (Wildman–Crippen MR) is 64.3 cm³/mol. The highest BCUT2D eigenvalue weighted by Crippen LogP contribution is 2.24. The SMILES string of the molecule is CCc1nnsc1C(O)Cc1ccc(F)c(F)c1. The highest BCUT2D eigenvalue weighted by molar-refractivity contribution is 7.05. The molecule has 1 aromatic heterocycles. The maximum Gasteiger partial charge on any atom is 0.159 e. The van der Waals surface area contributed by atoms with E-state index in [1.54, 1.807) is 0 Å². The molecule has 0 fully saturated rings. The molecule has 0 saturated heterocycles. The molecule has 96 valence electrons. The summed E-state index contributed by atoms with van der Waals surface area (Å²) in [5.74, 6) is -1.79. The van der Waals surface area contributed by atoms with Crippen LogP contribution in [0.15, 0.2) is 18.2 Å². The second kappa shape index (κ2) is 5.49. The van der Waals surface area contributed by atoms with Gasteiger partial charge in [0, 0.05) is 6.42 Å². The molecular weight excluding hydrogens is 258 g/mol. The first-order valence-corrected chi connectivity index (χ1v) is 6.32. The molecule has 3 nitrogen and oxygen atoms in total.